The lowest BCUT2D eigenvalue weighted by atomic mass is 10.3. The summed E-state index contributed by atoms with van der Waals surface area (Å²) in [6, 6.07) is 8.16. The lowest BCUT2D eigenvalue weighted by Crippen LogP contribution is -2.42. The van der Waals surface area contributed by atoms with E-state index in [4.69, 9.17) is 17.0 Å². The minimum atomic E-state index is 0.675. The summed E-state index contributed by atoms with van der Waals surface area (Å²) >= 11 is 7.55. The quantitative estimate of drug-likeness (QED) is 0.606. The van der Waals surface area contributed by atoms with Gasteiger partial charge in [-0.25, -0.2) is 0 Å². The monoisotopic (exact) mass is 391 g/mol. The van der Waals surface area contributed by atoms with Crippen molar-refractivity contribution in [3.8, 4) is 0 Å². The predicted molar refractivity (Wildman–Crippen MR) is 90.6 cm³/mol. The molecular formula is C13H18IN3OS. The summed E-state index contributed by atoms with van der Waals surface area (Å²) in [6.07, 6.45) is 0. The summed E-state index contributed by atoms with van der Waals surface area (Å²) in [5, 5.41) is 7.09. The third-order valence-electron chi connectivity index (χ3n) is 2.92. The first kappa shape index (κ1) is 15.0. The van der Waals surface area contributed by atoms with Crippen LogP contribution in [0.5, 0.6) is 0 Å². The van der Waals surface area contributed by atoms with Crippen molar-refractivity contribution in [1.82, 2.24) is 10.2 Å². The van der Waals surface area contributed by atoms with Crippen LogP contribution >= 0.6 is 34.8 Å². The second-order valence-electron chi connectivity index (χ2n) is 4.34. The number of morpholine rings is 1. The highest BCUT2D eigenvalue weighted by Gasteiger charge is 2.09. The Morgan fingerprint density at radius 2 is 1.95 bits per heavy atom. The third-order valence-corrected chi connectivity index (χ3v) is 3.88. The number of thiocarbonyl (C=S) groups is 1. The smallest absolute Gasteiger partial charge is 0.170 e. The average Bonchev–Trinajstić information content (AvgIpc) is 2.43. The van der Waals surface area contributed by atoms with Gasteiger partial charge >= 0.3 is 0 Å². The molecule has 1 aliphatic heterocycles. The van der Waals surface area contributed by atoms with Crippen molar-refractivity contribution in [2.45, 2.75) is 0 Å². The van der Waals surface area contributed by atoms with Crippen molar-refractivity contribution in [2.75, 3.05) is 44.7 Å². The van der Waals surface area contributed by atoms with Crippen molar-refractivity contribution in [1.29, 1.82) is 0 Å². The van der Waals surface area contributed by atoms with E-state index in [0.717, 1.165) is 45.1 Å². The van der Waals surface area contributed by atoms with E-state index in [1.165, 1.54) is 3.57 Å². The molecule has 0 radical (unpaired) electrons. The molecule has 1 aliphatic rings. The van der Waals surface area contributed by atoms with E-state index in [2.05, 4.69) is 50.3 Å². The van der Waals surface area contributed by atoms with Crippen molar-refractivity contribution < 1.29 is 4.74 Å². The minimum Gasteiger partial charge on any atom is -0.379 e. The molecule has 0 unspecified atom stereocenters. The normalized spacial score (nSPS) is 16.1. The number of halogens is 1. The maximum absolute atomic E-state index is 5.31. The first-order chi connectivity index (χ1) is 9.24. The molecule has 1 fully saturated rings. The van der Waals surface area contributed by atoms with Crippen molar-refractivity contribution in [3.63, 3.8) is 0 Å². The van der Waals surface area contributed by atoms with E-state index in [1.807, 2.05) is 12.1 Å². The number of rotatable bonds is 4. The Kier molecular flexibility index (Phi) is 6.29. The molecule has 104 valence electrons. The minimum absolute atomic E-state index is 0.675. The molecule has 6 heteroatoms. The fourth-order valence-electron chi connectivity index (χ4n) is 1.86. The zero-order chi connectivity index (χ0) is 13.5. The van der Waals surface area contributed by atoms with Crippen molar-refractivity contribution in [2.24, 2.45) is 0 Å². The Morgan fingerprint density at radius 3 is 2.63 bits per heavy atom. The van der Waals surface area contributed by atoms with Gasteiger partial charge in [-0.15, -0.1) is 0 Å². The topological polar surface area (TPSA) is 36.5 Å². The van der Waals surface area contributed by atoms with Crippen LogP contribution in [0.25, 0.3) is 0 Å². The molecule has 0 bridgehead atoms. The lowest BCUT2D eigenvalue weighted by Gasteiger charge is -2.26. The van der Waals surface area contributed by atoms with E-state index in [0.29, 0.717) is 5.11 Å². The van der Waals surface area contributed by atoms with Crippen LogP contribution in [-0.2, 0) is 4.74 Å². The van der Waals surface area contributed by atoms with Gasteiger partial charge in [0.15, 0.2) is 5.11 Å². The molecule has 0 atom stereocenters. The Bertz CT molecular complexity index is 407. The lowest BCUT2D eigenvalue weighted by molar-refractivity contribution is 0.0389. The molecule has 0 spiro atoms. The van der Waals surface area contributed by atoms with E-state index in [-0.39, 0.29) is 0 Å². The van der Waals surface area contributed by atoms with Gasteiger partial charge in [-0.05, 0) is 59.1 Å². The number of hydrogen-bond donors (Lipinski definition) is 2. The van der Waals surface area contributed by atoms with Crippen LogP contribution in [-0.4, -0.2) is 49.4 Å². The molecule has 19 heavy (non-hydrogen) atoms. The number of hydrogen-bond acceptors (Lipinski definition) is 3. The van der Waals surface area contributed by atoms with Gasteiger partial charge in [-0.1, -0.05) is 0 Å². The first-order valence-corrected chi connectivity index (χ1v) is 7.83. The number of benzene rings is 1. The molecule has 1 aromatic rings. The van der Waals surface area contributed by atoms with E-state index < -0.39 is 0 Å². The van der Waals surface area contributed by atoms with E-state index >= 15 is 0 Å². The number of nitrogens with zero attached hydrogens (tertiary/aromatic N) is 1. The SMILES string of the molecule is S=C(NCCN1CCOCC1)Nc1ccc(I)cc1. The third kappa shape index (κ3) is 5.60. The number of anilines is 1. The van der Waals surface area contributed by atoms with Gasteiger partial charge in [0.2, 0.25) is 0 Å². The molecule has 2 rings (SSSR count). The molecule has 0 amide bonds. The Hall–Kier alpha value is -0.440. The summed E-state index contributed by atoms with van der Waals surface area (Å²) in [6.45, 7) is 5.56. The summed E-state index contributed by atoms with van der Waals surface area (Å²) in [5.41, 5.74) is 1.02. The van der Waals surface area contributed by atoms with E-state index in [1.54, 1.807) is 0 Å². The average molecular weight is 391 g/mol. The molecular weight excluding hydrogens is 373 g/mol. The van der Waals surface area contributed by atoms with Crippen LogP contribution < -0.4 is 10.6 Å². The highest BCUT2D eigenvalue weighted by Crippen LogP contribution is 2.10. The van der Waals surface area contributed by atoms with Gasteiger partial charge in [-0.3, -0.25) is 4.90 Å². The van der Waals surface area contributed by atoms with E-state index in [9.17, 15) is 0 Å². The number of nitrogens with one attached hydrogen (secondary N) is 2. The second-order valence-corrected chi connectivity index (χ2v) is 6.00. The highest BCUT2D eigenvalue weighted by atomic mass is 127. The Labute approximate surface area is 133 Å². The van der Waals surface area contributed by atoms with Gasteiger partial charge < -0.3 is 15.4 Å². The molecule has 2 N–H and O–H groups in total. The Balaban J connectivity index is 1.65. The van der Waals surface area contributed by atoms with Gasteiger partial charge in [0.05, 0.1) is 13.2 Å². The largest absolute Gasteiger partial charge is 0.379 e. The molecule has 0 saturated carbocycles. The standard InChI is InChI=1S/C13H18IN3OS/c14-11-1-3-12(4-2-11)16-13(19)15-5-6-17-7-9-18-10-8-17/h1-4H,5-10H2,(H2,15,16,19). The van der Waals surface area contributed by atoms with Gasteiger partial charge in [-0.2, -0.15) is 0 Å². The summed E-state index contributed by atoms with van der Waals surface area (Å²) in [5.74, 6) is 0. The summed E-state index contributed by atoms with van der Waals surface area (Å²) < 4.78 is 6.53. The maximum Gasteiger partial charge on any atom is 0.170 e. The zero-order valence-electron chi connectivity index (χ0n) is 10.7. The van der Waals surface area contributed by atoms with Crippen LogP contribution in [0, 0.1) is 3.57 Å². The van der Waals surface area contributed by atoms with Crippen LogP contribution in [0.2, 0.25) is 0 Å². The predicted octanol–water partition coefficient (Wildman–Crippen LogP) is 1.91. The summed E-state index contributed by atoms with van der Waals surface area (Å²) in [7, 11) is 0. The first-order valence-electron chi connectivity index (χ1n) is 6.34. The van der Waals surface area contributed by atoms with Crippen LogP contribution in [0.4, 0.5) is 5.69 Å². The molecule has 1 saturated heterocycles. The molecule has 4 nitrogen and oxygen atoms in total. The fraction of sp³-hybridized carbons (Fsp3) is 0.462. The maximum atomic E-state index is 5.31. The van der Waals surface area contributed by atoms with Gasteiger partial charge in [0, 0.05) is 35.4 Å². The van der Waals surface area contributed by atoms with Crippen LogP contribution in [0.3, 0.4) is 0 Å². The van der Waals surface area contributed by atoms with Crippen molar-refractivity contribution >= 4 is 45.6 Å². The highest BCUT2D eigenvalue weighted by molar-refractivity contribution is 14.1. The van der Waals surface area contributed by atoms with Gasteiger partial charge in [0.1, 0.15) is 0 Å². The van der Waals surface area contributed by atoms with Gasteiger partial charge in [0.25, 0.3) is 0 Å². The molecule has 1 heterocycles. The second kappa shape index (κ2) is 7.98. The molecule has 1 aromatic carbocycles. The fourth-order valence-corrected chi connectivity index (χ4v) is 2.44. The van der Waals surface area contributed by atoms with Crippen molar-refractivity contribution in [3.05, 3.63) is 27.8 Å². The Morgan fingerprint density at radius 1 is 1.26 bits per heavy atom. The number of ether oxygens (including phenoxy) is 1. The zero-order valence-corrected chi connectivity index (χ0v) is 13.7. The van der Waals surface area contributed by atoms with Crippen LogP contribution in [0.1, 0.15) is 0 Å². The molecule has 0 aliphatic carbocycles. The van der Waals surface area contributed by atoms with Crippen LogP contribution in [0.15, 0.2) is 24.3 Å². The molecule has 0 aromatic heterocycles. The summed E-state index contributed by atoms with van der Waals surface area (Å²) in [4.78, 5) is 2.38.